The third-order valence-electron chi connectivity index (χ3n) is 5.38. The SMILES string of the molecule is CCCc1ccc2cc(-c3ccc(-c4cc(F)c(C(F)(F)F)c(F)c4)c(F)c3)ccc2c1. The summed E-state index contributed by atoms with van der Waals surface area (Å²) in [5.41, 5.74) is 0.0367. The average molecular weight is 444 g/mol. The maximum Gasteiger partial charge on any atom is 0.422 e. The minimum Gasteiger partial charge on any atom is -0.206 e. The molecule has 0 nitrogen and oxygen atoms in total. The van der Waals surface area contributed by atoms with Crippen molar-refractivity contribution in [2.75, 3.05) is 0 Å². The van der Waals surface area contributed by atoms with Gasteiger partial charge in [0.2, 0.25) is 0 Å². The molecule has 0 aliphatic heterocycles. The van der Waals surface area contributed by atoms with Gasteiger partial charge in [-0.3, -0.25) is 0 Å². The molecule has 0 bridgehead atoms. The number of alkyl halides is 3. The van der Waals surface area contributed by atoms with Crippen LogP contribution in [-0.4, -0.2) is 0 Å². The summed E-state index contributed by atoms with van der Waals surface area (Å²) in [6.07, 6.45) is -3.15. The van der Waals surface area contributed by atoms with Crippen LogP contribution in [0.1, 0.15) is 24.5 Å². The van der Waals surface area contributed by atoms with Crippen molar-refractivity contribution in [3.63, 3.8) is 0 Å². The highest BCUT2D eigenvalue weighted by molar-refractivity contribution is 5.88. The Labute approximate surface area is 181 Å². The second-order valence-corrected chi connectivity index (χ2v) is 7.65. The zero-order valence-corrected chi connectivity index (χ0v) is 17.0. The Balaban J connectivity index is 1.70. The van der Waals surface area contributed by atoms with Crippen molar-refractivity contribution in [2.24, 2.45) is 0 Å². The summed E-state index contributed by atoms with van der Waals surface area (Å²) in [6, 6.07) is 16.9. The number of benzene rings is 4. The third-order valence-corrected chi connectivity index (χ3v) is 5.38. The topological polar surface area (TPSA) is 0 Å². The quantitative estimate of drug-likeness (QED) is 0.277. The van der Waals surface area contributed by atoms with Crippen molar-refractivity contribution in [3.8, 4) is 22.3 Å². The van der Waals surface area contributed by atoms with Gasteiger partial charge in [-0.15, -0.1) is 0 Å². The number of fused-ring (bicyclic) bond motifs is 1. The Kier molecular flexibility index (Phi) is 5.71. The number of hydrogen-bond donors (Lipinski definition) is 0. The van der Waals surface area contributed by atoms with E-state index in [-0.39, 0.29) is 11.1 Å². The predicted octanol–water partition coefficient (Wildman–Crippen LogP) is 8.56. The monoisotopic (exact) mass is 444 g/mol. The minimum atomic E-state index is -5.18. The number of aryl methyl sites for hydroxylation is 1. The van der Waals surface area contributed by atoms with Gasteiger partial charge in [-0.2, -0.15) is 13.2 Å². The summed E-state index contributed by atoms with van der Waals surface area (Å²) in [7, 11) is 0. The number of halogens is 6. The van der Waals surface area contributed by atoms with Gasteiger partial charge >= 0.3 is 6.18 Å². The standard InChI is InChI=1S/C26H18F6/c1-2-3-15-4-5-17-11-18(7-6-16(17)10-15)19-8-9-21(22(27)12-19)20-13-23(28)25(24(29)14-20)26(30,31)32/h4-14H,2-3H2,1H3. The Morgan fingerprint density at radius 2 is 1.19 bits per heavy atom. The van der Waals surface area contributed by atoms with E-state index in [1.54, 1.807) is 6.07 Å². The van der Waals surface area contributed by atoms with Crippen LogP contribution in [-0.2, 0) is 12.6 Å². The largest absolute Gasteiger partial charge is 0.422 e. The van der Waals surface area contributed by atoms with Crippen LogP contribution >= 0.6 is 0 Å². The Morgan fingerprint density at radius 1 is 0.625 bits per heavy atom. The lowest BCUT2D eigenvalue weighted by Crippen LogP contribution is -2.11. The van der Waals surface area contributed by atoms with E-state index in [1.165, 1.54) is 17.7 Å². The summed E-state index contributed by atoms with van der Waals surface area (Å²) in [5, 5.41) is 2.05. The predicted molar refractivity (Wildman–Crippen MR) is 114 cm³/mol. The molecule has 0 aliphatic carbocycles. The van der Waals surface area contributed by atoms with Gasteiger partial charge in [0.1, 0.15) is 23.0 Å². The van der Waals surface area contributed by atoms with Crippen LogP contribution in [0.3, 0.4) is 0 Å². The molecule has 4 aromatic rings. The van der Waals surface area contributed by atoms with E-state index in [9.17, 15) is 26.3 Å². The first kappa shape index (κ1) is 21.9. The van der Waals surface area contributed by atoms with Crippen molar-refractivity contribution >= 4 is 10.8 Å². The Bertz CT molecular complexity index is 1280. The molecule has 0 unspecified atom stereocenters. The molecule has 6 heteroatoms. The minimum absolute atomic E-state index is 0.190. The van der Waals surface area contributed by atoms with E-state index in [2.05, 4.69) is 13.0 Å². The van der Waals surface area contributed by atoms with Crippen LogP contribution in [0.5, 0.6) is 0 Å². The van der Waals surface area contributed by atoms with Gasteiger partial charge in [-0.1, -0.05) is 55.8 Å². The zero-order chi connectivity index (χ0) is 23.0. The van der Waals surface area contributed by atoms with Crippen LogP contribution in [0.15, 0.2) is 66.7 Å². The van der Waals surface area contributed by atoms with Gasteiger partial charge in [0, 0.05) is 5.56 Å². The third kappa shape index (κ3) is 4.22. The molecule has 164 valence electrons. The van der Waals surface area contributed by atoms with Crippen molar-refractivity contribution in [1.82, 2.24) is 0 Å². The van der Waals surface area contributed by atoms with Crippen molar-refractivity contribution in [1.29, 1.82) is 0 Å². The number of hydrogen-bond acceptors (Lipinski definition) is 0. The lowest BCUT2D eigenvalue weighted by Gasteiger charge is -2.12. The molecular formula is C26H18F6. The lowest BCUT2D eigenvalue weighted by atomic mass is 9.96. The van der Waals surface area contributed by atoms with E-state index in [0.717, 1.165) is 29.2 Å². The van der Waals surface area contributed by atoms with Gasteiger partial charge in [-0.05, 0) is 63.7 Å². The molecule has 0 heterocycles. The molecule has 0 fully saturated rings. The molecule has 0 atom stereocenters. The molecular weight excluding hydrogens is 426 g/mol. The first-order valence-corrected chi connectivity index (χ1v) is 10.1. The normalized spacial score (nSPS) is 11.8. The van der Waals surface area contributed by atoms with Crippen molar-refractivity contribution in [3.05, 3.63) is 95.3 Å². The zero-order valence-electron chi connectivity index (χ0n) is 17.0. The van der Waals surface area contributed by atoms with Gasteiger partial charge in [0.05, 0.1) is 0 Å². The molecule has 0 amide bonds. The molecule has 0 N–H and O–H groups in total. The molecule has 32 heavy (non-hydrogen) atoms. The molecule has 0 spiro atoms. The van der Waals surface area contributed by atoms with Crippen LogP contribution in [0.4, 0.5) is 26.3 Å². The van der Waals surface area contributed by atoms with Gasteiger partial charge in [0.25, 0.3) is 0 Å². The molecule has 0 saturated heterocycles. The highest BCUT2D eigenvalue weighted by Crippen LogP contribution is 2.37. The summed E-state index contributed by atoms with van der Waals surface area (Å²) < 4.78 is 81.0. The van der Waals surface area contributed by atoms with E-state index >= 15 is 0 Å². The fourth-order valence-corrected chi connectivity index (χ4v) is 3.85. The summed E-state index contributed by atoms with van der Waals surface area (Å²) in [5.74, 6) is -4.36. The van der Waals surface area contributed by atoms with Crippen LogP contribution < -0.4 is 0 Å². The van der Waals surface area contributed by atoms with Crippen LogP contribution in [0.2, 0.25) is 0 Å². The summed E-state index contributed by atoms with van der Waals surface area (Å²) in [6.45, 7) is 2.11. The van der Waals surface area contributed by atoms with E-state index in [0.29, 0.717) is 17.7 Å². The van der Waals surface area contributed by atoms with Gasteiger partial charge < -0.3 is 0 Å². The molecule has 0 saturated carbocycles. The fraction of sp³-hybridized carbons (Fsp3) is 0.154. The van der Waals surface area contributed by atoms with Gasteiger partial charge in [0.15, 0.2) is 0 Å². The molecule has 4 aromatic carbocycles. The van der Waals surface area contributed by atoms with Gasteiger partial charge in [-0.25, -0.2) is 13.2 Å². The highest BCUT2D eigenvalue weighted by Gasteiger charge is 2.38. The smallest absolute Gasteiger partial charge is 0.206 e. The van der Waals surface area contributed by atoms with Crippen LogP contribution in [0, 0.1) is 17.5 Å². The maximum absolute atomic E-state index is 14.8. The molecule has 0 radical (unpaired) electrons. The number of rotatable bonds is 4. The maximum atomic E-state index is 14.8. The Morgan fingerprint density at radius 3 is 1.81 bits per heavy atom. The molecule has 4 rings (SSSR count). The molecule has 0 aliphatic rings. The van der Waals surface area contributed by atoms with E-state index in [1.807, 2.05) is 30.3 Å². The first-order valence-electron chi connectivity index (χ1n) is 10.1. The average Bonchev–Trinajstić information content (AvgIpc) is 2.72. The summed E-state index contributed by atoms with van der Waals surface area (Å²) >= 11 is 0. The lowest BCUT2D eigenvalue weighted by molar-refractivity contribution is -0.142. The second kappa shape index (κ2) is 8.34. The first-order chi connectivity index (χ1) is 15.2. The van der Waals surface area contributed by atoms with Crippen molar-refractivity contribution < 1.29 is 26.3 Å². The van der Waals surface area contributed by atoms with Crippen molar-refractivity contribution in [2.45, 2.75) is 25.9 Å². The Hall–Kier alpha value is -3.28. The highest BCUT2D eigenvalue weighted by atomic mass is 19.4. The molecule has 0 aromatic heterocycles. The fourth-order valence-electron chi connectivity index (χ4n) is 3.85. The second-order valence-electron chi connectivity index (χ2n) is 7.65. The summed E-state index contributed by atoms with van der Waals surface area (Å²) in [4.78, 5) is 0. The van der Waals surface area contributed by atoms with E-state index < -0.39 is 29.2 Å². The van der Waals surface area contributed by atoms with Crippen LogP contribution in [0.25, 0.3) is 33.0 Å². The van der Waals surface area contributed by atoms with E-state index in [4.69, 9.17) is 0 Å².